The summed E-state index contributed by atoms with van der Waals surface area (Å²) in [6, 6.07) is 18.2. The summed E-state index contributed by atoms with van der Waals surface area (Å²) in [4.78, 5) is 1.70. The Labute approximate surface area is 159 Å². The van der Waals surface area contributed by atoms with E-state index in [1.807, 2.05) is 0 Å². The van der Waals surface area contributed by atoms with E-state index in [1.165, 1.54) is 37.8 Å². The third-order valence-electron chi connectivity index (χ3n) is 6.08. The first-order chi connectivity index (χ1) is 12.3. The lowest BCUT2D eigenvalue weighted by atomic mass is 9.64. The molecule has 1 atom stereocenters. The van der Waals surface area contributed by atoms with E-state index < -0.39 is 0 Å². The molecule has 0 aromatic heterocycles. The average molecular weight is 401 g/mol. The lowest BCUT2D eigenvalue weighted by Crippen LogP contribution is -3.14. The maximum Gasteiger partial charge on any atom is 0.101 e. The number of ether oxygens (including phenoxy) is 1. The number of quaternary nitrogens is 1. The summed E-state index contributed by atoms with van der Waals surface area (Å²) in [6.45, 7) is 5.36. The van der Waals surface area contributed by atoms with Crippen molar-refractivity contribution >= 4 is 15.9 Å². The van der Waals surface area contributed by atoms with Gasteiger partial charge in [-0.3, -0.25) is 0 Å². The van der Waals surface area contributed by atoms with E-state index in [1.54, 1.807) is 16.0 Å². The van der Waals surface area contributed by atoms with Crippen molar-refractivity contribution in [1.29, 1.82) is 0 Å². The smallest absolute Gasteiger partial charge is 0.101 e. The highest BCUT2D eigenvalue weighted by molar-refractivity contribution is 9.10. The van der Waals surface area contributed by atoms with Gasteiger partial charge in [0.25, 0.3) is 0 Å². The quantitative estimate of drug-likeness (QED) is 0.830. The molecule has 0 saturated carbocycles. The molecule has 1 saturated heterocycles. The molecular weight excluding hydrogens is 374 g/mol. The predicted molar refractivity (Wildman–Crippen MR) is 105 cm³/mol. The molecule has 2 nitrogen and oxygen atoms in total. The van der Waals surface area contributed by atoms with E-state index in [9.17, 15) is 0 Å². The predicted octanol–water partition coefficient (Wildman–Crippen LogP) is 3.38. The van der Waals surface area contributed by atoms with Crippen LogP contribution in [0, 0.1) is 0 Å². The van der Waals surface area contributed by atoms with Gasteiger partial charge in [0, 0.05) is 16.3 Å². The molecule has 2 aromatic rings. The highest BCUT2D eigenvalue weighted by atomic mass is 79.9. The van der Waals surface area contributed by atoms with Crippen LogP contribution in [0.15, 0.2) is 53.0 Å². The number of aryl methyl sites for hydroxylation is 1. The van der Waals surface area contributed by atoms with E-state index >= 15 is 0 Å². The minimum Gasteiger partial charge on any atom is -0.370 e. The van der Waals surface area contributed by atoms with Gasteiger partial charge < -0.3 is 9.64 Å². The average Bonchev–Trinajstić information content (AvgIpc) is 2.68. The molecule has 1 fully saturated rings. The lowest BCUT2D eigenvalue weighted by Gasteiger charge is -2.41. The fourth-order valence-corrected chi connectivity index (χ4v) is 4.96. The number of morpholine rings is 1. The normalized spacial score (nSPS) is 24.0. The molecule has 0 radical (unpaired) electrons. The van der Waals surface area contributed by atoms with Gasteiger partial charge in [-0.15, -0.1) is 0 Å². The van der Waals surface area contributed by atoms with Crippen molar-refractivity contribution in [2.75, 3.05) is 32.8 Å². The minimum atomic E-state index is 0.168. The molecule has 3 heteroatoms. The molecule has 1 aliphatic heterocycles. The van der Waals surface area contributed by atoms with Gasteiger partial charge in [0.15, 0.2) is 0 Å². The molecule has 1 heterocycles. The molecular formula is C22H27BrNO+. The Kier molecular flexibility index (Phi) is 5.25. The van der Waals surface area contributed by atoms with Crippen LogP contribution in [0.1, 0.15) is 36.0 Å². The van der Waals surface area contributed by atoms with Crippen molar-refractivity contribution in [3.63, 3.8) is 0 Å². The van der Waals surface area contributed by atoms with Crippen LogP contribution in [0.2, 0.25) is 0 Å². The third-order valence-corrected chi connectivity index (χ3v) is 6.61. The number of nitrogens with one attached hydrogen (secondary N) is 1. The Bertz CT molecular complexity index is 708. The van der Waals surface area contributed by atoms with Crippen LogP contribution in [-0.2, 0) is 16.6 Å². The topological polar surface area (TPSA) is 13.7 Å². The van der Waals surface area contributed by atoms with Crippen LogP contribution < -0.4 is 4.90 Å². The highest BCUT2D eigenvalue weighted by Crippen LogP contribution is 2.45. The molecule has 4 rings (SSSR count). The van der Waals surface area contributed by atoms with Gasteiger partial charge >= 0.3 is 0 Å². The zero-order chi connectivity index (χ0) is 17.1. The Balaban J connectivity index is 1.70. The number of hydrogen-bond donors (Lipinski definition) is 1. The van der Waals surface area contributed by atoms with E-state index in [0.29, 0.717) is 0 Å². The molecule has 0 amide bonds. The third kappa shape index (κ3) is 3.55. The van der Waals surface area contributed by atoms with Gasteiger partial charge in [-0.25, -0.2) is 0 Å². The maximum absolute atomic E-state index is 5.54. The van der Waals surface area contributed by atoms with Gasteiger partial charge in [0.2, 0.25) is 0 Å². The number of fused-ring (bicyclic) bond motifs is 1. The fraction of sp³-hybridized carbons (Fsp3) is 0.455. The molecule has 0 spiro atoms. The van der Waals surface area contributed by atoms with Gasteiger partial charge in [-0.1, -0.05) is 52.3 Å². The molecule has 1 N–H and O–H groups in total. The second kappa shape index (κ2) is 7.61. The van der Waals surface area contributed by atoms with E-state index in [-0.39, 0.29) is 5.41 Å². The van der Waals surface area contributed by atoms with Crippen molar-refractivity contribution in [1.82, 2.24) is 0 Å². The second-order valence-corrected chi connectivity index (χ2v) is 8.38. The Hall–Kier alpha value is -1.16. The van der Waals surface area contributed by atoms with Crippen LogP contribution in [-0.4, -0.2) is 32.8 Å². The van der Waals surface area contributed by atoms with Crippen LogP contribution in [0.5, 0.6) is 0 Å². The zero-order valence-corrected chi connectivity index (χ0v) is 16.4. The number of halogens is 1. The van der Waals surface area contributed by atoms with Crippen LogP contribution in [0.3, 0.4) is 0 Å². The lowest BCUT2D eigenvalue weighted by molar-refractivity contribution is -0.908. The van der Waals surface area contributed by atoms with Crippen molar-refractivity contribution in [2.24, 2.45) is 0 Å². The first kappa shape index (κ1) is 17.3. The minimum absolute atomic E-state index is 0.168. The Morgan fingerprint density at radius 2 is 1.76 bits per heavy atom. The molecule has 0 unspecified atom stereocenters. The molecule has 2 aromatic carbocycles. The van der Waals surface area contributed by atoms with Crippen molar-refractivity contribution in [3.05, 3.63) is 69.7 Å². The van der Waals surface area contributed by atoms with Crippen molar-refractivity contribution in [2.45, 2.75) is 31.1 Å². The van der Waals surface area contributed by atoms with E-state index in [2.05, 4.69) is 64.5 Å². The standard InChI is InChI=1S/C22H26BrNO/c23-20-9-7-19(8-10-20)22(12-13-24-14-16-25-17-15-24)11-3-5-18-4-1-2-6-21(18)22/h1-2,4,6-10H,3,5,11-17H2/p+1/t22-/m0/s1. The van der Waals surface area contributed by atoms with Crippen molar-refractivity contribution in [3.8, 4) is 0 Å². The zero-order valence-electron chi connectivity index (χ0n) is 14.8. The summed E-state index contributed by atoms with van der Waals surface area (Å²) >= 11 is 3.60. The molecule has 2 aliphatic rings. The highest BCUT2D eigenvalue weighted by Gasteiger charge is 2.39. The SMILES string of the molecule is Brc1ccc([C@@]2(CC[NH+]3CCOCC3)CCCc3ccccc32)cc1. The Morgan fingerprint density at radius 3 is 2.56 bits per heavy atom. The number of benzene rings is 2. The van der Waals surface area contributed by atoms with Crippen molar-refractivity contribution < 1.29 is 9.64 Å². The number of hydrogen-bond acceptors (Lipinski definition) is 1. The second-order valence-electron chi connectivity index (χ2n) is 7.46. The fourth-order valence-electron chi connectivity index (χ4n) is 4.69. The summed E-state index contributed by atoms with van der Waals surface area (Å²) < 4.78 is 6.71. The van der Waals surface area contributed by atoms with Gasteiger partial charge in [0.1, 0.15) is 13.1 Å². The first-order valence-corrected chi connectivity index (χ1v) is 10.3. The monoisotopic (exact) mass is 400 g/mol. The maximum atomic E-state index is 5.54. The Morgan fingerprint density at radius 1 is 1.00 bits per heavy atom. The first-order valence-electron chi connectivity index (χ1n) is 9.54. The molecule has 25 heavy (non-hydrogen) atoms. The summed E-state index contributed by atoms with van der Waals surface area (Å²) in [5.74, 6) is 0. The summed E-state index contributed by atoms with van der Waals surface area (Å²) in [7, 11) is 0. The van der Waals surface area contributed by atoms with E-state index in [0.717, 1.165) is 30.8 Å². The van der Waals surface area contributed by atoms with Gasteiger partial charge in [-0.2, -0.15) is 0 Å². The van der Waals surface area contributed by atoms with Crippen LogP contribution in [0.25, 0.3) is 0 Å². The van der Waals surface area contributed by atoms with Gasteiger partial charge in [-0.05, 0) is 48.1 Å². The largest absolute Gasteiger partial charge is 0.370 e. The summed E-state index contributed by atoms with van der Waals surface area (Å²) in [5, 5.41) is 0. The molecule has 132 valence electrons. The van der Waals surface area contributed by atoms with Crippen LogP contribution in [0.4, 0.5) is 0 Å². The summed E-state index contributed by atoms with van der Waals surface area (Å²) in [5.41, 5.74) is 4.77. The number of rotatable bonds is 4. The van der Waals surface area contributed by atoms with E-state index in [4.69, 9.17) is 4.74 Å². The van der Waals surface area contributed by atoms with Crippen LogP contribution >= 0.6 is 15.9 Å². The molecule has 0 bridgehead atoms. The molecule has 1 aliphatic carbocycles. The summed E-state index contributed by atoms with van der Waals surface area (Å²) in [6.07, 6.45) is 4.99. The van der Waals surface area contributed by atoms with Gasteiger partial charge in [0.05, 0.1) is 19.8 Å².